The Morgan fingerprint density at radius 3 is 2.19 bits per heavy atom. The number of rotatable bonds is 12. The maximum atomic E-state index is 12.9. The standard InChI is InChI=1S/C23H24Cl2N4O5S2/c1-4-32-17-9-13(10-18(33-5-2)20(17)34-6-3)21(31)27-22-28-29-23(36-22)35-12-19(30)26-14-7-8-15(24)16(25)11-14/h7-11H,4-6,12H2,1-3H3,(H,26,30)(H,27,28,31). The summed E-state index contributed by atoms with van der Waals surface area (Å²) in [6.07, 6.45) is 0. The zero-order chi connectivity index (χ0) is 26.1. The highest BCUT2D eigenvalue weighted by molar-refractivity contribution is 8.01. The van der Waals surface area contributed by atoms with Gasteiger partial charge in [0.1, 0.15) is 0 Å². The summed E-state index contributed by atoms with van der Waals surface area (Å²) in [6, 6.07) is 8.02. The van der Waals surface area contributed by atoms with E-state index < -0.39 is 5.91 Å². The van der Waals surface area contributed by atoms with Crippen LogP contribution in [0.15, 0.2) is 34.7 Å². The average Bonchev–Trinajstić information content (AvgIpc) is 3.29. The lowest BCUT2D eigenvalue weighted by atomic mass is 10.1. The van der Waals surface area contributed by atoms with Crippen LogP contribution in [-0.2, 0) is 4.79 Å². The van der Waals surface area contributed by atoms with Gasteiger partial charge in [-0.3, -0.25) is 14.9 Å². The van der Waals surface area contributed by atoms with E-state index in [1.165, 1.54) is 11.8 Å². The molecule has 36 heavy (non-hydrogen) atoms. The lowest BCUT2D eigenvalue weighted by Gasteiger charge is -2.16. The number of aromatic nitrogens is 2. The molecule has 9 nitrogen and oxygen atoms in total. The highest BCUT2D eigenvalue weighted by Gasteiger charge is 2.19. The second kappa shape index (κ2) is 13.5. The average molecular weight is 572 g/mol. The maximum Gasteiger partial charge on any atom is 0.257 e. The van der Waals surface area contributed by atoms with Crippen molar-refractivity contribution in [1.82, 2.24) is 10.2 Å². The van der Waals surface area contributed by atoms with Crippen LogP contribution in [0, 0.1) is 0 Å². The molecule has 192 valence electrons. The molecule has 0 radical (unpaired) electrons. The first-order chi connectivity index (χ1) is 17.3. The number of ether oxygens (including phenoxy) is 3. The lowest BCUT2D eigenvalue weighted by molar-refractivity contribution is -0.113. The van der Waals surface area contributed by atoms with Crippen LogP contribution in [0.2, 0.25) is 10.0 Å². The molecule has 2 N–H and O–H groups in total. The molecule has 0 saturated heterocycles. The lowest BCUT2D eigenvalue weighted by Crippen LogP contribution is -2.13. The van der Waals surface area contributed by atoms with Gasteiger partial charge in [-0.25, -0.2) is 0 Å². The van der Waals surface area contributed by atoms with Gasteiger partial charge in [0.05, 0.1) is 35.6 Å². The van der Waals surface area contributed by atoms with Gasteiger partial charge < -0.3 is 19.5 Å². The number of hydrogen-bond donors (Lipinski definition) is 2. The number of hydrogen-bond acceptors (Lipinski definition) is 9. The van der Waals surface area contributed by atoms with Crippen molar-refractivity contribution in [2.75, 3.05) is 36.2 Å². The number of benzene rings is 2. The van der Waals surface area contributed by atoms with E-state index in [2.05, 4.69) is 20.8 Å². The van der Waals surface area contributed by atoms with Crippen molar-refractivity contribution in [1.29, 1.82) is 0 Å². The Kier molecular flexibility index (Phi) is 10.5. The molecule has 0 fully saturated rings. The molecule has 0 aliphatic rings. The van der Waals surface area contributed by atoms with Gasteiger partial charge in [0, 0.05) is 11.3 Å². The first-order valence-electron chi connectivity index (χ1n) is 10.9. The summed E-state index contributed by atoms with van der Waals surface area (Å²) in [5, 5.41) is 14.5. The van der Waals surface area contributed by atoms with E-state index in [0.29, 0.717) is 62.7 Å². The smallest absolute Gasteiger partial charge is 0.257 e. The normalized spacial score (nSPS) is 10.6. The SMILES string of the molecule is CCOc1cc(C(=O)Nc2nnc(SCC(=O)Nc3ccc(Cl)c(Cl)c3)s2)cc(OCC)c1OCC. The van der Waals surface area contributed by atoms with Gasteiger partial charge in [0.2, 0.25) is 16.8 Å². The summed E-state index contributed by atoms with van der Waals surface area (Å²) in [6.45, 7) is 6.75. The molecule has 1 heterocycles. The Morgan fingerprint density at radius 2 is 1.58 bits per heavy atom. The first kappa shape index (κ1) is 27.9. The summed E-state index contributed by atoms with van der Waals surface area (Å²) in [7, 11) is 0. The van der Waals surface area contributed by atoms with Gasteiger partial charge in [-0.2, -0.15) is 0 Å². The molecule has 0 atom stereocenters. The van der Waals surface area contributed by atoms with Crippen LogP contribution in [0.3, 0.4) is 0 Å². The van der Waals surface area contributed by atoms with Gasteiger partial charge in [0.15, 0.2) is 15.8 Å². The summed E-state index contributed by atoms with van der Waals surface area (Å²) in [4.78, 5) is 25.2. The molecule has 1 aromatic heterocycles. The molecular weight excluding hydrogens is 547 g/mol. The Morgan fingerprint density at radius 1 is 0.917 bits per heavy atom. The van der Waals surface area contributed by atoms with Crippen molar-refractivity contribution in [3.8, 4) is 17.2 Å². The van der Waals surface area contributed by atoms with E-state index in [-0.39, 0.29) is 16.8 Å². The van der Waals surface area contributed by atoms with Gasteiger partial charge in [-0.15, -0.1) is 10.2 Å². The van der Waals surface area contributed by atoms with Crippen LogP contribution in [0.1, 0.15) is 31.1 Å². The number of nitrogens with one attached hydrogen (secondary N) is 2. The van der Waals surface area contributed by atoms with Crippen molar-refractivity contribution >= 4 is 68.9 Å². The topological polar surface area (TPSA) is 112 Å². The third-order valence-electron chi connectivity index (χ3n) is 4.33. The molecule has 0 saturated carbocycles. The van der Waals surface area contributed by atoms with Gasteiger partial charge in [0.25, 0.3) is 5.91 Å². The largest absolute Gasteiger partial charge is 0.490 e. The number of anilines is 2. The third kappa shape index (κ3) is 7.63. The van der Waals surface area contributed by atoms with E-state index in [9.17, 15) is 9.59 Å². The van der Waals surface area contributed by atoms with Gasteiger partial charge >= 0.3 is 0 Å². The molecule has 0 unspecified atom stereocenters. The minimum atomic E-state index is -0.412. The quantitative estimate of drug-likeness (QED) is 0.200. The first-order valence-corrected chi connectivity index (χ1v) is 13.5. The Bertz CT molecular complexity index is 1200. The van der Waals surface area contributed by atoms with Crippen molar-refractivity contribution in [3.63, 3.8) is 0 Å². The molecular formula is C23H24Cl2N4O5S2. The zero-order valence-electron chi connectivity index (χ0n) is 19.7. The number of halogens is 2. The molecule has 3 rings (SSSR count). The van der Waals surface area contributed by atoms with E-state index >= 15 is 0 Å². The fraction of sp³-hybridized carbons (Fsp3) is 0.304. The van der Waals surface area contributed by atoms with Gasteiger partial charge in [-0.05, 0) is 51.1 Å². The number of carbonyl (C=O) groups is 2. The second-order valence-corrected chi connectivity index (χ2v) is 9.91. The molecule has 3 aromatic rings. The predicted molar refractivity (Wildman–Crippen MR) is 144 cm³/mol. The van der Waals surface area contributed by atoms with E-state index in [1.807, 2.05) is 20.8 Å². The third-order valence-corrected chi connectivity index (χ3v) is 7.04. The van der Waals surface area contributed by atoms with Crippen LogP contribution in [0.25, 0.3) is 0 Å². The monoisotopic (exact) mass is 570 g/mol. The fourth-order valence-corrected chi connectivity index (χ4v) is 4.75. The van der Waals surface area contributed by atoms with Crippen molar-refractivity contribution in [3.05, 3.63) is 45.9 Å². The van der Waals surface area contributed by atoms with Crippen molar-refractivity contribution in [2.45, 2.75) is 25.1 Å². The molecule has 0 bridgehead atoms. The molecule has 0 spiro atoms. The zero-order valence-corrected chi connectivity index (χ0v) is 22.9. The van der Waals surface area contributed by atoms with Crippen molar-refractivity contribution in [2.24, 2.45) is 0 Å². The van der Waals surface area contributed by atoms with Crippen LogP contribution >= 0.6 is 46.3 Å². The molecule has 2 amide bonds. The molecule has 13 heteroatoms. The highest BCUT2D eigenvalue weighted by Crippen LogP contribution is 2.39. The van der Waals surface area contributed by atoms with Crippen LogP contribution in [0.5, 0.6) is 17.2 Å². The summed E-state index contributed by atoms with van der Waals surface area (Å²) >= 11 is 14.2. The molecule has 2 aromatic carbocycles. The highest BCUT2D eigenvalue weighted by atomic mass is 35.5. The van der Waals surface area contributed by atoms with E-state index in [0.717, 1.165) is 11.3 Å². The Hall–Kier alpha value is -2.73. The molecule has 0 aliphatic carbocycles. The summed E-state index contributed by atoms with van der Waals surface area (Å²) in [5.74, 6) is 0.711. The molecule has 0 aliphatic heterocycles. The number of amides is 2. The number of carbonyl (C=O) groups excluding carboxylic acids is 2. The van der Waals surface area contributed by atoms with Crippen LogP contribution in [-0.4, -0.2) is 47.6 Å². The maximum absolute atomic E-state index is 12.9. The number of thioether (sulfide) groups is 1. The summed E-state index contributed by atoms with van der Waals surface area (Å²) in [5.41, 5.74) is 0.851. The number of nitrogens with zero attached hydrogens (tertiary/aromatic N) is 2. The minimum absolute atomic E-state index is 0.0944. The van der Waals surface area contributed by atoms with Crippen LogP contribution in [0.4, 0.5) is 10.8 Å². The van der Waals surface area contributed by atoms with E-state index in [4.69, 9.17) is 37.4 Å². The Balaban J connectivity index is 1.63. The predicted octanol–water partition coefficient (Wildman–Crippen LogP) is 6.02. The van der Waals surface area contributed by atoms with Crippen LogP contribution < -0.4 is 24.8 Å². The van der Waals surface area contributed by atoms with E-state index in [1.54, 1.807) is 30.3 Å². The minimum Gasteiger partial charge on any atom is -0.490 e. The summed E-state index contributed by atoms with van der Waals surface area (Å²) < 4.78 is 17.5. The van der Waals surface area contributed by atoms with Gasteiger partial charge in [-0.1, -0.05) is 46.3 Å². The fourth-order valence-electron chi connectivity index (χ4n) is 2.91. The second-order valence-electron chi connectivity index (χ2n) is 6.89. The Labute approximate surface area is 226 Å². The van der Waals surface area contributed by atoms with Crippen molar-refractivity contribution < 1.29 is 23.8 Å².